The molecule has 25 heavy (non-hydrogen) atoms. The SMILES string of the molecule is CC(O)(CNc1ccc(C(=O)NC2CC2)cc1[N+](=O)[O-])c1ccco1. The Kier molecular flexibility index (Phi) is 4.45. The molecule has 1 amide bonds. The van der Waals surface area contributed by atoms with Gasteiger partial charge in [-0.2, -0.15) is 0 Å². The fourth-order valence-corrected chi connectivity index (χ4v) is 2.41. The molecule has 1 fully saturated rings. The normalized spacial score (nSPS) is 16.1. The van der Waals surface area contributed by atoms with Crippen molar-refractivity contribution in [2.75, 3.05) is 11.9 Å². The van der Waals surface area contributed by atoms with Crippen molar-refractivity contribution in [2.45, 2.75) is 31.4 Å². The summed E-state index contributed by atoms with van der Waals surface area (Å²) in [7, 11) is 0. The molecule has 1 aliphatic carbocycles. The molecule has 1 heterocycles. The monoisotopic (exact) mass is 345 g/mol. The molecule has 8 heteroatoms. The van der Waals surface area contributed by atoms with Crippen molar-refractivity contribution in [3.8, 4) is 0 Å². The maximum Gasteiger partial charge on any atom is 0.293 e. The first-order valence-electron chi connectivity index (χ1n) is 7.96. The molecule has 1 saturated carbocycles. The van der Waals surface area contributed by atoms with Crippen LogP contribution in [0.2, 0.25) is 0 Å². The smallest absolute Gasteiger partial charge is 0.293 e. The van der Waals surface area contributed by atoms with Crippen LogP contribution >= 0.6 is 0 Å². The minimum atomic E-state index is -1.33. The fraction of sp³-hybridized carbons (Fsp3) is 0.353. The standard InChI is InChI=1S/C17H19N3O5/c1-17(22,15-3-2-8-25-15)10-18-13-7-4-11(9-14(13)20(23)24)16(21)19-12-5-6-12/h2-4,7-9,12,18,22H,5-6,10H2,1H3,(H,19,21). The Morgan fingerprint density at radius 1 is 1.44 bits per heavy atom. The van der Waals surface area contributed by atoms with Gasteiger partial charge in [0.25, 0.3) is 11.6 Å². The van der Waals surface area contributed by atoms with Gasteiger partial charge in [-0.15, -0.1) is 0 Å². The molecule has 1 aliphatic rings. The van der Waals surface area contributed by atoms with Crippen LogP contribution in [-0.4, -0.2) is 28.5 Å². The predicted octanol–water partition coefficient (Wildman–Crippen LogP) is 2.40. The van der Waals surface area contributed by atoms with Gasteiger partial charge >= 0.3 is 0 Å². The van der Waals surface area contributed by atoms with Crippen molar-refractivity contribution in [3.05, 3.63) is 58.0 Å². The van der Waals surface area contributed by atoms with E-state index in [1.807, 2.05) is 0 Å². The van der Waals surface area contributed by atoms with E-state index in [1.165, 1.54) is 24.5 Å². The molecular formula is C17H19N3O5. The second-order valence-electron chi connectivity index (χ2n) is 6.34. The number of benzene rings is 1. The number of aliphatic hydroxyl groups is 1. The van der Waals surface area contributed by atoms with Gasteiger partial charge in [-0.3, -0.25) is 14.9 Å². The molecule has 0 radical (unpaired) electrons. The summed E-state index contributed by atoms with van der Waals surface area (Å²) in [6, 6.07) is 7.68. The summed E-state index contributed by atoms with van der Waals surface area (Å²) >= 11 is 0. The minimum absolute atomic E-state index is 0.00890. The van der Waals surface area contributed by atoms with E-state index in [0.29, 0.717) is 5.76 Å². The molecule has 2 aromatic rings. The van der Waals surface area contributed by atoms with Crippen molar-refractivity contribution in [2.24, 2.45) is 0 Å². The number of rotatable bonds is 7. The van der Waals surface area contributed by atoms with E-state index in [2.05, 4.69) is 10.6 Å². The number of nitro groups is 1. The lowest BCUT2D eigenvalue weighted by Crippen LogP contribution is -2.30. The average molecular weight is 345 g/mol. The number of nitro benzene ring substituents is 1. The van der Waals surface area contributed by atoms with E-state index in [1.54, 1.807) is 19.1 Å². The Bertz CT molecular complexity index is 782. The fourth-order valence-electron chi connectivity index (χ4n) is 2.41. The first-order valence-corrected chi connectivity index (χ1v) is 7.96. The molecule has 1 atom stereocenters. The number of carbonyl (C=O) groups is 1. The Morgan fingerprint density at radius 2 is 2.20 bits per heavy atom. The van der Waals surface area contributed by atoms with E-state index >= 15 is 0 Å². The highest BCUT2D eigenvalue weighted by Gasteiger charge is 2.28. The Hall–Kier alpha value is -2.87. The van der Waals surface area contributed by atoms with Gasteiger partial charge in [-0.05, 0) is 44.0 Å². The van der Waals surface area contributed by atoms with Crippen molar-refractivity contribution >= 4 is 17.3 Å². The number of furan rings is 1. The lowest BCUT2D eigenvalue weighted by atomic mass is 10.0. The molecule has 1 aromatic carbocycles. The number of hydrogen-bond donors (Lipinski definition) is 3. The molecular weight excluding hydrogens is 326 g/mol. The van der Waals surface area contributed by atoms with Crippen molar-refractivity contribution in [1.82, 2.24) is 5.32 Å². The molecule has 132 valence electrons. The van der Waals surface area contributed by atoms with E-state index in [9.17, 15) is 20.0 Å². The van der Waals surface area contributed by atoms with Crippen LogP contribution in [0.5, 0.6) is 0 Å². The molecule has 1 unspecified atom stereocenters. The number of carbonyl (C=O) groups excluding carboxylic acids is 1. The van der Waals surface area contributed by atoms with Gasteiger partial charge in [0.2, 0.25) is 0 Å². The average Bonchev–Trinajstić information content (AvgIpc) is 3.20. The summed E-state index contributed by atoms with van der Waals surface area (Å²) in [4.78, 5) is 22.8. The van der Waals surface area contributed by atoms with E-state index in [-0.39, 0.29) is 35.4 Å². The van der Waals surface area contributed by atoms with Crippen LogP contribution in [-0.2, 0) is 5.60 Å². The van der Waals surface area contributed by atoms with Gasteiger partial charge in [0.05, 0.1) is 17.7 Å². The lowest BCUT2D eigenvalue weighted by molar-refractivity contribution is -0.384. The molecule has 0 aliphatic heterocycles. The molecule has 0 bridgehead atoms. The quantitative estimate of drug-likeness (QED) is 0.524. The first-order chi connectivity index (χ1) is 11.9. The summed E-state index contributed by atoms with van der Waals surface area (Å²) in [6.45, 7) is 1.55. The highest BCUT2D eigenvalue weighted by atomic mass is 16.6. The molecule has 3 rings (SSSR count). The van der Waals surface area contributed by atoms with E-state index in [0.717, 1.165) is 12.8 Å². The number of nitrogens with zero attached hydrogens (tertiary/aromatic N) is 1. The number of nitrogens with one attached hydrogen (secondary N) is 2. The van der Waals surface area contributed by atoms with Gasteiger partial charge in [0.1, 0.15) is 17.0 Å². The first kappa shape index (κ1) is 17.0. The van der Waals surface area contributed by atoms with Crippen LogP contribution in [0.15, 0.2) is 41.0 Å². The lowest BCUT2D eigenvalue weighted by Gasteiger charge is -2.21. The van der Waals surface area contributed by atoms with Gasteiger partial charge in [0, 0.05) is 17.7 Å². The van der Waals surface area contributed by atoms with Crippen molar-refractivity contribution in [3.63, 3.8) is 0 Å². The van der Waals surface area contributed by atoms with Crippen molar-refractivity contribution < 1.29 is 19.2 Å². The topological polar surface area (TPSA) is 118 Å². The Morgan fingerprint density at radius 3 is 2.80 bits per heavy atom. The van der Waals surface area contributed by atoms with Crippen molar-refractivity contribution in [1.29, 1.82) is 0 Å². The second kappa shape index (κ2) is 6.56. The third kappa shape index (κ3) is 3.97. The summed E-state index contributed by atoms with van der Waals surface area (Å²) in [5, 5.41) is 27.4. The third-order valence-electron chi connectivity index (χ3n) is 4.04. The largest absolute Gasteiger partial charge is 0.466 e. The third-order valence-corrected chi connectivity index (χ3v) is 4.04. The summed E-state index contributed by atoms with van der Waals surface area (Å²) in [5.41, 5.74) is -1.10. The van der Waals surface area contributed by atoms with Crippen LogP contribution in [0.4, 0.5) is 11.4 Å². The maximum absolute atomic E-state index is 12.0. The molecule has 3 N–H and O–H groups in total. The van der Waals surface area contributed by atoms with Gasteiger partial charge < -0.3 is 20.2 Å². The Balaban J connectivity index is 1.76. The molecule has 0 spiro atoms. The molecule has 8 nitrogen and oxygen atoms in total. The molecule has 1 aromatic heterocycles. The maximum atomic E-state index is 12.0. The van der Waals surface area contributed by atoms with Crippen LogP contribution in [0.3, 0.4) is 0 Å². The number of amides is 1. The second-order valence-corrected chi connectivity index (χ2v) is 6.34. The highest BCUT2D eigenvalue weighted by Crippen LogP contribution is 2.29. The zero-order valence-corrected chi connectivity index (χ0v) is 13.7. The number of hydrogen-bond acceptors (Lipinski definition) is 6. The summed E-state index contributed by atoms with van der Waals surface area (Å²) in [6.07, 6.45) is 3.32. The zero-order valence-electron chi connectivity index (χ0n) is 13.7. The molecule has 0 saturated heterocycles. The van der Waals surface area contributed by atoms with Crippen LogP contribution in [0, 0.1) is 10.1 Å². The van der Waals surface area contributed by atoms with E-state index in [4.69, 9.17) is 4.42 Å². The zero-order chi connectivity index (χ0) is 18.0. The summed E-state index contributed by atoms with van der Waals surface area (Å²) in [5.74, 6) is 0.0304. The van der Waals surface area contributed by atoms with Crippen LogP contribution in [0.25, 0.3) is 0 Å². The predicted molar refractivity (Wildman–Crippen MR) is 90.4 cm³/mol. The van der Waals surface area contributed by atoms with Gasteiger partial charge in [0.15, 0.2) is 0 Å². The Labute approximate surface area is 144 Å². The van der Waals surface area contributed by atoms with Gasteiger partial charge in [-0.25, -0.2) is 0 Å². The van der Waals surface area contributed by atoms with Crippen LogP contribution in [0.1, 0.15) is 35.9 Å². The number of anilines is 1. The van der Waals surface area contributed by atoms with Crippen LogP contribution < -0.4 is 10.6 Å². The van der Waals surface area contributed by atoms with E-state index < -0.39 is 10.5 Å². The minimum Gasteiger partial charge on any atom is -0.466 e. The summed E-state index contributed by atoms with van der Waals surface area (Å²) < 4.78 is 5.18. The van der Waals surface area contributed by atoms with Gasteiger partial charge in [-0.1, -0.05) is 0 Å². The highest BCUT2D eigenvalue weighted by molar-refractivity contribution is 5.96.